The van der Waals surface area contributed by atoms with E-state index >= 15 is 0 Å². The molecule has 0 fully saturated rings. The van der Waals surface area contributed by atoms with Crippen molar-refractivity contribution < 1.29 is 19.7 Å². The number of aromatic nitrogens is 2. The lowest BCUT2D eigenvalue weighted by Crippen LogP contribution is -2.21. The average molecular weight is 227 g/mol. The van der Waals surface area contributed by atoms with Crippen LogP contribution in [-0.4, -0.2) is 45.6 Å². The van der Waals surface area contributed by atoms with Gasteiger partial charge in [-0.15, -0.1) is 5.10 Å². The molecule has 0 bridgehead atoms. The molecule has 0 saturated carbocycles. The van der Waals surface area contributed by atoms with E-state index in [4.69, 9.17) is 14.9 Å². The van der Waals surface area contributed by atoms with Crippen LogP contribution in [0.4, 0.5) is 5.69 Å². The highest BCUT2D eigenvalue weighted by Crippen LogP contribution is 2.12. The van der Waals surface area contributed by atoms with Gasteiger partial charge in [-0.1, -0.05) is 0 Å². The molecule has 1 rings (SSSR count). The van der Waals surface area contributed by atoms with Gasteiger partial charge in [0.05, 0.1) is 18.5 Å². The summed E-state index contributed by atoms with van der Waals surface area (Å²) in [5.41, 5.74) is 0.455. The van der Waals surface area contributed by atoms with Crippen LogP contribution in [0.25, 0.3) is 0 Å². The SMILES string of the molecule is CC(=O)Nc1cnnc(OC[C@H](O)CO)c1. The fourth-order valence-corrected chi connectivity index (χ4v) is 0.924. The summed E-state index contributed by atoms with van der Waals surface area (Å²) in [6.45, 7) is 0.893. The lowest BCUT2D eigenvalue weighted by molar-refractivity contribution is -0.114. The third kappa shape index (κ3) is 4.20. The maximum Gasteiger partial charge on any atom is 0.235 e. The van der Waals surface area contributed by atoms with Gasteiger partial charge in [0, 0.05) is 13.0 Å². The standard InChI is InChI=1S/C9H13N3O4/c1-6(14)11-7-2-9(12-10-3-7)16-5-8(15)4-13/h2-3,8,13,15H,4-5H2,1H3,(H,11,12,14)/t8-/m1/s1. The number of amides is 1. The van der Waals surface area contributed by atoms with Crippen LogP contribution in [-0.2, 0) is 4.79 Å². The number of nitrogens with one attached hydrogen (secondary N) is 1. The Bertz CT molecular complexity index is 358. The summed E-state index contributed by atoms with van der Waals surface area (Å²) in [4.78, 5) is 10.8. The van der Waals surface area contributed by atoms with Crippen LogP contribution in [0.1, 0.15) is 6.92 Å². The van der Waals surface area contributed by atoms with Gasteiger partial charge < -0.3 is 20.3 Å². The first-order valence-corrected chi connectivity index (χ1v) is 4.64. The molecular weight excluding hydrogens is 214 g/mol. The number of rotatable bonds is 5. The van der Waals surface area contributed by atoms with Gasteiger partial charge in [-0.25, -0.2) is 0 Å². The van der Waals surface area contributed by atoms with Crippen LogP contribution >= 0.6 is 0 Å². The number of anilines is 1. The van der Waals surface area contributed by atoms with Crippen molar-refractivity contribution in [2.75, 3.05) is 18.5 Å². The molecule has 0 aliphatic carbocycles. The number of carbonyl (C=O) groups is 1. The molecule has 0 radical (unpaired) electrons. The van der Waals surface area contributed by atoms with E-state index < -0.39 is 12.7 Å². The molecule has 7 nitrogen and oxygen atoms in total. The van der Waals surface area contributed by atoms with Gasteiger partial charge in [-0.05, 0) is 0 Å². The second-order valence-corrected chi connectivity index (χ2v) is 3.11. The van der Waals surface area contributed by atoms with Crippen LogP contribution in [0.15, 0.2) is 12.3 Å². The Balaban J connectivity index is 2.56. The molecule has 0 saturated heterocycles. The lowest BCUT2D eigenvalue weighted by atomic mass is 10.4. The fourth-order valence-electron chi connectivity index (χ4n) is 0.924. The maximum atomic E-state index is 10.8. The quantitative estimate of drug-likeness (QED) is 0.606. The molecule has 1 amide bonds. The molecular formula is C9H13N3O4. The Hall–Kier alpha value is -1.73. The molecule has 16 heavy (non-hydrogen) atoms. The van der Waals surface area contributed by atoms with Gasteiger partial charge in [0.1, 0.15) is 12.7 Å². The first kappa shape index (κ1) is 12.3. The third-order valence-corrected chi connectivity index (χ3v) is 1.59. The minimum atomic E-state index is -0.966. The number of nitrogens with zero attached hydrogens (tertiary/aromatic N) is 2. The molecule has 7 heteroatoms. The summed E-state index contributed by atoms with van der Waals surface area (Å²) in [5, 5.41) is 27.4. The first-order chi connectivity index (χ1) is 7.61. The molecule has 0 aliphatic rings. The van der Waals surface area contributed by atoms with Crippen LogP contribution in [0, 0.1) is 0 Å². The van der Waals surface area contributed by atoms with E-state index in [0.717, 1.165) is 0 Å². The zero-order chi connectivity index (χ0) is 12.0. The van der Waals surface area contributed by atoms with E-state index in [1.54, 1.807) is 0 Å². The molecule has 0 spiro atoms. The van der Waals surface area contributed by atoms with Gasteiger partial charge in [0.2, 0.25) is 11.8 Å². The average Bonchev–Trinajstić information content (AvgIpc) is 2.25. The number of ether oxygens (including phenoxy) is 1. The summed E-state index contributed by atoms with van der Waals surface area (Å²) >= 11 is 0. The monoisotopic (exact) mass is 227 g/mol. The number of aliphatic hydroxyl groups is 2. The summed E-state index contributed by atoms with van der Waals surface area (Å²) in [5.74, 6) is -0.0620. The van der Waals surface area contributed by atoms with E-state index in [1.165, 1.54) is 19.2 Å². The Morgan fingerprint density at radius 3 is 3.06 bits per heavy atom. The van der Waals surface area contributed by atoms with Crippen molar-refractivity contribution in [1.82, 2.24) is 10.2 Å². The molecule has 1 aromatic heterocycles. The zero-order valence-electron chi connectivity index (χ0n) is 8.75. The molecule has 0 aliphatic heterocycles. The summed E-state index contributed by atoms with van der Waals surface area (Å²) in [6.07, 6.45) is 0.405. The second-order valence-electron chi connectivity index (χ2n) is 3.11. The molecule has 1 aromatic rings. The maximum absolute atomic E-state index is 10.8. The van der Waals surface area contributed by atoms with Crippen molar-refractivity contribution in [3.8, 4) is 5.88 Å². The zero-order valence-corrected chi connectivity index (χ0v) is 8.75. The number of hydrogen-bond acceptors (Lipinski definition) is 6. The largest absolute Gasteiger partial charge is 0.474 e. The summed E-state index contributed by atoms with van der Waals surface area (Å²) in [6, 6.07) is 1.47. The highest BCUT2D eigenvalue weighted by molar-refractivity contribution is 5.88. The van der Waals surface area contributed by atoms with Gasteiger partial charge in [0.15, 0.2) is 0 Å². The molecule has 88 valence electrons. The highest BCUT2D eigenvalue weighted by atomic mass is 16.5. The molecule has 1 heterocycles. The lowest BCUT2D eigenvalue weighted by Gasteiger charge is -2.09. The first-order valence-electron chi connectivity index (χ1n) is 4.64. The van der Waals surface area contributed by atoms with Crippen molar-refractivity contribution in [2.45, 2.75) is 13.0 Å². The molecule has 0 unspecified atom stereocenters. The number of carbonyl (C=O) groups excluding carboxylic acids is 1. The Labute approximate surface area is 92.1 Å². The Morgan fingerprint density at radius 2 is 2.44 bits per heavy atom. The van der Waals surface area contributed by atoms with Gasteiger partial charge in [0.25, 0.3) is 0 Å². The smallest absolute Gasteiger partial charge is 0.235 e. The van der Waals surface area contributed by atoms with Crippen molar-refractivity contribution in [2.24, 2.45) is 0 Å². The van der Waals surface area contributed by atoms with Crippen LogP contribution in [0.3, 0.4) is 0 Å². The van der Waals surface area contributed by atoms with E-state index in [2.05, 4.69) is 15.5 Å². The third-order valence-electron chi connectivity index (χ3n) is 1.59. The van der Waals surface area contributed by atoms with Gasteiger partial charge in [-0.3, -0.25) is 4.79 Å². The predicted octanol–water partition coefficient (Wildman–Crippen LogP) is -0.833. The fraction of sp³-hybridized carbons (Fsp3) is 0.444. The minimum absolute atomic E-state index is 0.0886. The summed E-state index contributed by atoms with van der Waals surface area (Å²) < 4.78 is 5.05. The van der Waals surface area contributed by atoms with Crippen molar-refractivity contribution >= 4 is 11.6 Å². The number of hydrogen-bond donors (Lipinski definition) is 3. The van der Waals surface area contributed by atoms with Crippen LogP contribution in [0.2, 0.25) is 0 Å². The Kier molecular flexibility index (Phi) is 4.62. The topological polar surface area (TPSA) is 105 Å². The highest BCUT2D eigenvalue weighted by Gasteiger charge is 2.05. The van der Waals surface area contributed by atoms with E-state index in [1.807, 2.05) is 0 Å². The molecule has 3 N–H and O–H groups in total. The van der Waals surface area contributed by atoms with Crippen molar-refractivity contribution in [3.05, 3.63) is 12.3 Å². The van der Waals surface area contributed by atoms with E-state index in [-0.39, 0.29) is 18.4 Å². The number of aliphatic hydroxyl groups excluding tert-OH is 2. The van der Waals surface area contributed by atoms with Gasteiger partial charge in [-0.2, -0.15) is 5.10 Å². The van der Waals surface area contributed by atoms with Crippen LogP contribution < -0.4 is 10.1 Å². The molecule has 0 aromatic carbocycles. The molecule has 1 atom stereocenters. The van der Waals surface area contributed by atoms with E-state index in [9.17, 15) is 4.79 Å². The second kappa shape index (κ2) is 5.99. The van der Waals surface area contributed by atoms with E-state index in [0.29, 0.717) is 5.69 Å². The van der Waals surface area contributed by atoms with Gasteiger partial charge >= 0.3 is 0 Å². The van der Waals surface area contributed by atoms with Crippen LogP contribution in [0.5, 0.6) is 5.88 Å². The predicted molar refractivity (Wildman–Crippen MR) is 54.9 cm³/mol. The Morgan fingerprint density at radius 1 is 1.69 bits per heavy atom. The normalized spacial score (nSPS) is 11.9. The van der Waals surface area contributed by atoms with Crippen molar-refractivity contribution in [3.63, 3.8) is 0 Å². The summed E-state index contributed by atoms with van der Waals surface area (Å²) in [7, 11) is 0. The minimum Gasteiger partial charge on any atom is -0.474 e. The van der Waals surface area contributed by atoms with Crippen molar-refractivity contribution in [1.29, 1.82) is 0 Å².